The molecule has 0 aliphatic carbocycles. The molecule has 0 spiro atoms. The van der Waals surface area contributed by atoms with Crippen molar-refractivity contribution in [2.45, 2.75) is 31.6 Å². The van der Waals surface area contributed by atoms with Gasteiger partial charge in [0.1, 0.15) is 12.7 Å². The molecule has 0 aromatic heterocycles. The highest BCUT2D eigenvalue weighted by molar-refractivity contribution is 5.43. The summed E-state index contributed by atoms with van der Waals surface area (Å²) in [6.45, 7) is 7.55. The number of rotatable bonds is 10. The van der Waals surface area contributed by atoms with E-state index in [1.807, 2.05) is 24.3 Å². The standard InChI is InChI=1S/C19H30N2O4/c1-3-8-20-12-15-4-5-18(19(11-15)24-2)25-14-17(23)13-21-9-6-16(22)7-10-21/h3-5,11,16-17,20,22-23H,1,6-10,12-14H2,2H3/t17-/m1/s1. The lowest BCUT2D eigenvalue weighted by atomic mass is 10.1. The van der Waals surface area contributed by atoms with Gasteiger partial charge in [-0.25, -0.2) is 0 Å². The fourth-order valence-electron chi connectivity index (χ4n) is 2.90. The van der Waals surface area contributed by atoms with Gasteiger partial charge < -0.3 is 29.9 Å². The Labute approximate surface area is 150 Å². The zero-order chi connectivity index (χ0) is 18.1. The second-order valence-corrected chi connectivity index (χ2v) is 6.40. The van der Waals surface area contributed by atoms with Crippen molar-refractivity contribution in [3.8, 4) is 11.5 Å². The molecule has 1 aromatic carbocycles. The highest BCUT2D eigenvalue weighted by Gasteiger charge is 2.19. The molecule has 1 atom stereocenters. The van der Waals surface area contributed by atoms with Gasteiger partial charge in [0.05, 0.1) is 13.2 Å². The van der Waals surface area contributed by atoms with Gasteiger partial charge in [-0.2, -0.15) is 0 Å². The molecule has 2 rings (SSSR count). The van der Waals surface area contributed by atoms with Crippen molar-refractivity contribution < 1.29 is 19.7 Å². The molecule has 25 heavy (non-hydrogen) atoms. The molecule has 0 unspecified atom stereocenters. The Bertz CT molecular complexity index is 530. The van der Waals surface area contributed by atoms with E-state index in [1.165, 1.54) is 0 Å². The first-order valence-corrected chi connectivity index (χ1v) is 8.82. The van der Waals surface area contributed by atoms with Crippen LogP contribution < -0.4 is 14.8 Å². The predicted octanol–water partition coefficient (Wildman–Crippen LogP) is 1.17. The summed E-state index contributed by atoms with van der Waals surface area (Å²) in [5.74, 6) is 1.29. The van der Waals surface area contributed by atoms with Crippen LogP contribution in [0.2, 0.25) is 0 Å². The maximum Gasteiger partial charge on any atom is 0.161 e. The highest BCUT2D eigenvalue weighted by Crippen LogP contribution is 2.28. The van der Waals surface area contributed by atoms with E-state index in [0.29, 0.717) is 18.0 Å². The fraction of sp³-hybridized carbons (Fsp3) is 0.579. The quantitative estimate of drug-likeness (QED) is 0.434. The Balaban J connectivity index is 1.81. The van der Waals surface area contributed by atoms with Crippen molar-refractivity contribution in [1.82, 2.24) is 10.2 Å². The number of methoxy groups -OCH3 is 1. The molecule has 0 amide bonds. The van der Waals surface area contributed by atoms with Crippen LogP contribution in [0.15, 0.2) is 30.9 Å². The number of ether oxygens (including phenoxy) is 2. The number of benzene rings is 1. The monoisotopic (exact) mass is 350 g/mol. The molecule has 6 nitrogen and oxygen atoms in total. The number of nitrogens with one attached hydrogen (secondary N) is 1. The Kier molecular flexibility index (Phi) is 8.21. The van der Waals surface area contributed by atoms with Crippen molar-refractivity contribution in [2.75, 3.05) is 39.9 Å². The molecular formula is C19H30N2O4. The van der Waals surface area contributed by atoms with E-state index in [0.717, 1.165) is 44.6 Å². The molecule has 3 N–H and O–H groups in total. The first-order valence-electron chi connectivity index (χ1n) is 8.82. The Morgan fingerprint density at radius 2 is 2.12 bits per heavy atom. The van der Waals surface area contributed by atoms with E-state index in [2.05, 4.69) is 16.8 Å². The van der Waals surface area contributed by atoms with Gasteiger partial charge in [0.25, 0.3) is 0 Å². The van der Waals surface area contributed by atoms with Gasteiger partial charge >= 0.3 is 0 Å². The number of aliphatic hydroxyl groups is 2. The van der Waals surface area contributed by atoms with Crippen molar-refractivity contribution in [2.24, 2.45) is 0 Å². The summed E-state index contributed by atoms with van der Waals surface area (Å²) >= 11 is 0. The number of nitrogens with zero attached hydrogens (tertiary/aromatic N) is 1. The third-order valence-electron chi connectivity index (χ3n) is 4.30. The van der Waals surface area contributed by atoms with Crippen LogP contribution in [-0.4, -0.2) is 67.2 Å². The zero-order valence-corrected chi connectivity index (χ0v) is 15.0. The average molecular weight is 350 g/mol. The van der Waals surface area contributed by atoms with Gasteiger partial charge in [-0.15, -0.1) is 6.58 Å². The normalized spacial score (nSPS) is 17.2. The first-order chi connectivity index (χ1) is 12.1. The summed E-state index contributed by atoms with van der Waals surface area (Å²) in [5.41, 5.74) is 1.10. The second-order valence-electron chi connectivity index (χ2n) is 6.40. The summed E-state index contributed by atoms with van der Waals surface area (Å²) in [4.78, 5) is 2.16. The molecule has 1 heterocycles. The fourth-order valence-corrected chi connectivity index (χ4v) is 2.90. The number of hydrogen-bond acceptors (Lipinski definition) is 6. The molecule has 140 valence electrons. The Hall–Kier alpha value is -1.60. The minimum Gasteiger partial charge on any atom is -0.493 e. The van der Waals surface area contributed by atoms with Crippen LogP contribution in [0.3, 0.4) is 0 Å². The lowest BCUT2D eigenvalue weighted by Crippen LogP contribution is -2.41. The number of β-amino-alcohol motifs (C(OH)–C–C–N with tert-alkyl or cyclic N) is 1. The van der Waals surface area contributed by atoms with Gasteiger partial charge in [-0.3, -0.25) is 0 Å². The third kappa shape index (κ3) is 6.66. The number of hydrogen-bond donors (Lipinski definition) is 3. The first kappa shape index (κ1) is 19.7. The molecule has 0 bridgehead atoms. The van der Waals surface area contributed by atoms with E-state index < -0.39 is 6.10 Å². The summed E-state index contributed by atoms with van der Waals surface area (Å²) in [5, 5.41) is 23.0. The van der Waals surface area contributed by atoms with Crippen LogP contribution in [0.5, 0.6) is 11.5 Å². The van der Waals surface area contributed by atoms with Gasteiger partial charge in [0.15, 0.2) is 11.5 Å². The molecule has 1 fully saturated rings. The van der Waals surface area contributed by atoms with Crippen LogP contribution in [-0.2, 0) is 6.54 Å². The summed E-state index contributed by atoms with van der Waals surface area (Å²) in [7, 11) is 1.61. The van der Waals surface area contributed by atoms with Crippen molar-refractivity contribution >= 4 is 0 Å². The molecule has 0 saturated carbocycles. The minimum atomic E-state index is -0.575. The van der Waals surface area contributed by atoms with Crippen LogP contribution in [0.4, 0.5) is 0 Å². The number of aliphatic hydroxyl groups excluding tert-OH is 2. The molecule has 6 heteroatoms. The van der Waals surface area contributed by atoms with E-state index in [9.17, 15) is 10.2 Å². The number of likely N-dealkylation sites (tertiary alicyclic amines) is 1. The Morgan fingerprint density at radius 1 is 1.36 bits per heavy atom. The topological polar surface area (TPSA) is 74.2 Å². The zero-order valence-electron chi connectivity index (χ0n) is 15.0. The molecule has 1 saturated heterocycles. The van der Waals surface area contributed by atoms with Crippen LogP contribution in [0.1, 0.15) is 18.4 Å². The van der Waals surface area contributed by atoms with Crippen LogP contribution in [0.25, 0.3) is 0 Å². The molecule has 1 aliphatic heterocycles. The summed E-state index contributed by atoms with van der Waals surface area (Å²) in [6, 6.07) is 5.78. The molecule has 1 aromatic rings. The lowest BCUT2D eigenvalue weighted by Gasteiger charge is -2.30. The molecule has 1 aliphatic rings. The SMILES string of the molecule is C=CCNCc1ccc(OC[C@H](O)CN2CCC(O)CC2)c(OC)c1. The third-order valence-corrected chi connectivity index (χ3v) is 4.30. The number of piperidine rings is 1. The van der Waals surface area contributed by atoms with Gasteiger partial charge in [-0.05, 0) is 30.5 Å². The predicted molar refractivity (Wildman–Crippen MR) is 98.1 cm³/mol. The van der Waals surface area contributed by atoms with Gasteiger partial charge in [0.2, 0.25) is 0 Å². The van der Waals surface area contributed by atoms with Crippen molar-refractivity contribution in [1.29, 1.82) is 0 Å². The van der Waals surface area contributed by atoms with Gasteiger partial charge in [0, 0.05) is 32.7 Å². The summed E-state index contributed by atoms with van der Waals surface area (Å²) in [6.07, 6.45) is 2.58. The maximum atomic E-state index is 10.2. The Morgan fingerprint density at radius 3 is 2.80 bits per heavy atom. The summed E-state index contributed by atoms with van der Waals surface area (Å²) < 4.78 is 11.1. The van der Waals surface area contributed by atoms with Gasteiger partial charge in [-0.1, -0.05) is 12.1 Å². The van der Waals surface area contributed by atoms with Crippen molar-refractivity contribution in [3.63, 3.8) is 0 Å². The lowest BCUT2D eigenvalue weighted by molar-refractivity contribution is 0.0333. The maximum absolute atomic E-state index is 10.2. The van der Waals surface area contributed by atoms with Crippen LogP contribution >= 0.6 is 0 Å². The second kappa shape index (κ2) is 10.4. The van der Waals surface area contributed by atoms with E-state index >= 15 is 0 Å². The van der Waals surface area contributed by atoms with Crippen LogP contribution in [0, 0.1) is 0 Å². The molecule has 0 radical (unpaired) electrons. The van der Waals surface area contributed by atoms with E-state index in [-0.39, 0.29) is 12.7 Å². The van der Waals surface area contributed by atoms with E-state index in [1.54, 1.807) is 7.11 Å². The van der Waals surface area contributed by atoms with E-state index in [4.69, 9.17) is 9.47 Å². The minimum absolute atomic E-state index is 0.201. The largest absolute Gasteiger partial charge is 0.493 e. The highest BCUT2D eigenvalue weighted by atomic mass is 16.5. The van der Waals surface area contributed by atoms with Crippen molar-refractivity contribution in [3.05, 3.63) is 36.4 Å². The molecular weight excluding hydrogens is 320 g/mol. The smallest absolute Gasteiger partial charge is 0.161 e. The average Bonchev–Trinajstić information content (AvgIpc) is 2.62.